The van der Waals surface area contributed by atoms with E-state index in [4.69, 9.17) is 9.84 Å². The Hall–Kier alpha value is -0.120. The number of quaternary nitrogens is 1. The van der Waals surface area contributed by atoms with E-state index < -0.39 is 6.29 Å². The molecule has 0 amide bonds. The number of rotatable bonds is 0. The van der Waals surface area contributed by atoms with E-state index in [9.17, 15) is 0 Å². The van der Waals surface area contributed by atoms with Crippen molar-refractivity contribution in [3.63, 3.8) is 0 Å². The fourth-order valence-electron chi connectivity index (χ4n) is 0.616. The molecule has 3 heteroatoms. The number of morpholine rings is 1. The van der Waals surface area contributed by atoms with Crippen LogP contribution in [0, 0.1) is 0 Å². The van der Waals surface area contributed by atoms with E-state index in [0.29, 0.717) is 13.2 Å². The first-order chi connectivity index (χ1) is 3.39. The lowest BCUT2D eigenvalue weighted by molar-refractivity contribution is -0.685. The number of hydrogen-bond donors (Lipinski definition) is 2. The maximum atomic E-state index is 8.66. The van der Waals surface area contributed by atoms with Crippen molar-refractivity contribution in [2.75, 3.05) is 19.7 Å². The highest BCUT2D eigenvalue weighted by atomic mass is 16.6. The highest BCUT2D eigenvalue weighted by molar-refractivity contribution is 4.38. The van der Waals surface area contributed by atoms with Gasteiger partial charge in [-0.1, -0.05) is 0 Å². The molecule has 0 radical (unpaired) electrons. The molecule has 3 nitrogen and oxygen atoms in total. The Bertz CT molecular complexity index is 51.7. The molecule has 3 N–H and O–H groups in total. The molecule has 1 aliphatic rings. The average molecular weight is 104 g/mol. The standard InChI is InChI=1S/C4H9NO2/c6-4-3-5-1-2-7-4/h4-6H,1-3H2/p+1/t4-/m1/s1. The van der Waals surface area contributed by atoms with Gasteiger partial charge in [0.05, 0.1) is 13.2 Å². The molecule has 0 aromatic rings. The van der Waals surface area contributed by atoms with Crippen LogP contribution in [0.25, 0.3) is 0 Å². The van der Waals surface area contributed by atoms with Gasteiger partial charge in [0.1, 0.15) is 6.54 Å². The zero-order valence-corrected chi connectivity index (χ0v) is 4.13. The fourth-order valence-corrected chi connectivity index (χ4v) is 0.616. The summed E-state index contributed by atoms with van der Waals surface area (Å²) in [5, 5.41) is 10.7. The van der Waals surface area contributed by atoms with Crippen molar-refractivity contribution in [2.45, 2.75) is 6.29 Å². The minimum Gasteiger partial charge on any atom is -0.364 e. The molecule has 1 atom stereocenters. The van der Waals surface area contributed by atoms with E-state index in [1.165, 1.54) is 0 Å². The quantitative estimate of drug-likeness (QED) is 0.370. The summed E-state index contributed by atoms with van der Waals surface area (Å²) < 4.78 is 4.80. The summed E-state index contributed by atoms with van der Waals surface area (Å²) in [5.41, 5.74) is 0. The first-order valence-corrected chi connectivity index (χ1v) is 2.51. The molecule has 1 aliphatic heterocycles. The van der Waals surface area contributed by atoms with Crippen molar-refractivity contribution >= 4 is 0 Å². The average Bonchev–Trinajstić information content (AvgIpc) is 1.69. The molecule has 42 valence electrons. The van der Waals surface area contributed by atoms with Crippen LogP contribution in [-0.2, 0) is 4.74 Å². The van der Waals surface area contributed by atoms with Crippen molar-refractivity contribution in [1.82, 2.24) is 0 Å². The third-order valence-corrected chi connectivity index (χ3v) is 1.00. The molecule has 0 aliphatic carbocycles. The van der Waals surface area contributed by atoms with Crippen LogP contribution in [-0.4, -0.2) is 31.1 Å². The second kappa shape index (κ2) is 2.26. The highest BCUT2D eigenvalue weighted by Crippen LogP contribution is 1.82. The summed E-state index contributed by atoms with van der Waals surface area (Å²) in [6.07, 6.45) is -0.520. The van der Waals surface area contributed by atoms with Crippen LogP contribution in [0.15, 0.2) is 0 Å². The van der Waals surface area contributed by atoms with E-state index in [1.807, 2.05) is 5.32 Å². The van der Waals surface area contributed by atoms with Crippen molar-refractivity contribution in [3.8, 4) is 0 Å². The van der Waals surface area contributed by atoms with E-state index in [-0.39, 0.29) is 0 Å². The SMILES string of the molecule is O[C@H]1C[NH2+]CCO1. The third-order valence-electron chi connectivity index (χ3n) is 1.00. The first-order valence-electron chi connectivity index (χ1n) is 2.51. The monoisotopic (exact) mass is 104 g/mol. The lowest BCUT2D eigenvalue weighted by Gasteiger charge is -2.14. The minimum atomic E-state index is -0.520. The van der Waals surface area contributed by atoms with Gasteiger partial charge in [0.2, 0.25) is 6.29 Å². The molecule has 7 heavy (non-hydrogen) atoms. The highest BCUT2D eigenvalue weighted by Gasteiger charge is 2.10. The molecule has 0 bridgehead atoms. The van der Waals surface area contributed by atoms with Gasteiger partial charge in [0.15, 0.2) is 0 Å². The van der Waals surface area contributed by atoms with Gasteiger partial charge in [-0.15, -0.1) is 0 Å². The summed E-state index contributed by atoms with van der Waals surface area (Å²) in [6.45, 7) is 2.36. The van der Waals surface area contributed by atoms with Crippen molar-refractivity contribution in [1.29, 1.82) is 0 Å². The largest absolute Gasteiger partial charge is 0.364 e. The van der Waals surface area contributed by atoms with Gasteiger partial charge >= 0.3 is 0 Å². The normalized spacial score (nSPS) is 33.0. The van der Waals surface area contributed by atoms with E-state index in [0.717, 1.165) is 6.54 Å². The van der Waals surface area contributed by atoms with E-state index in [2.05, 4.69) is 0 Å². The topological polar surface area (TPSA) is 46.1 Å². The summed E-state index contributed by atoms with van der Waals surface area (Å²) in [6, 6.07) is 0. The van der Waals surface area contributed by atoms with Crippen molar-refractivity contribution in [3.05, 3.63) is 0 Å². The Morgan fingerprint density at radius 3 is 2.86 bits per heavy atom. The zero-order valence-electron chi connectivity index (χ0n) is 4.13. The molecule has 0 saturated carbocycles. The summed E-state index contributed by atoms with van der Waals surface area (Å²) in [5.74, 6) is 0. The molecule has 0 unspecified atom stereocenters. The number of ether oxygens (including phenoxy) is 1. The maximum absolute atomic E-state index is 8.66. The number of aliphatic hydroxyl groups excluding tert-OH is 1. The Kier molecular flexibility index (Phi) is 1.62. The van der Waals surface area contributed by atoms with Crippen molar-refractivity contribution in [2.24, 2.45) is 0 Å². The number of hydrogen-bond acceptors (Lipinski definition) is 2. The van der Waals surface area contributed by atoms with Gasteiger partial charge in [-0.05, 0) is 0 Å². The Morgan fingerprint density at radius 1 is 1.71 bits per heavy atom. The Balaban J connectivity index is 2.12. The van der Waals surface area contributed by atoms with Crippen LogP contribution in [0.4, 0.5) is 0 Å². The molecule has 1 rings (SSSR count). The van der Waals surface area contributed by atoms with Gasteiger partial charge < -0.3 is 15.2 Å². The maximum Gasteiger partial charge on any atom is 0.205 e. The predicted octanol–water partition coefficient (Wildman–Crippen LogP) is -2.10. The second-order valence-electron chi connectivity index (χ2n) is 1.64. The van der Waals surface area contributed by atoms with Gasteiger partial charge in [0, 0.05) is 0 Å². The molecule has 1 heterocycles. The number of nitrogens with two attached hydrogens (primary N) is 1. The predicted molar refractivity (Wildman–Crippen MR) is 23.6 cm³/mol. The molecule has 0 aromatic carbocycles. The van der Waals surface area contributed by atoms with Crippen LogP contribution in [0.3, 0.4) is 0 Å². The summed E-state index contributed by atoms with van der Waals surface area (Å²) in [4.78, 5) is 0. The Morgan fingerprint density at radius 2 is 2.57 bits per heavy atom. The Labute approximate surface area is 42.3 Å². The fraction of sp³-hybridized carbons (Fsp3) is 1.00. The molecular formula is C4H10NO2+. The third kappa shape index (κ3) is 1.43. The first kappa shape index (κ1) is 5.03. The molecule has 1 saturated heterocycles. The van der Waals surface area contributed by atoms with Gasteiger partial charge in [-0.3, -0.25) is 0 Å². The van der Waals surface area contributed by atoms with E-state index >= 15 is 0 Å². The van der Waals surface area contributed by atoms with Crippen LogP contribution in [0.5, 0.6) is 0 Å². The lowest BCUT2D eigenvalue weighted by Crippen LogP contribution is -2.89. The molecule has 0 spiro atoms. The molecule has 0 aromatic heterocycles. The van der Waals surface area contributed by atoms with Crippen LogP contribution >= 0.6 is 0 Å². The zero-order chi connectivity index (χ0) is 5.11. The van der Waals surface area contributed by atoms with Crippen molar-refractivity contribution < 1.29 is 15.2 Å². The minimum absolute atomic E-state index is 0.520. The molecular weight excluding hydrogens is 94.0 g/mol. The van der Waals surface area contributed by atoms with E-state index in [1.54, 1.807) is 0 Å². The van der Waals surface area contributed by atoms with Gasteiger partial charge in [0.25, 0.3) is 0 Å². The van der Waals surface area contributed by atoms with Crippen LogP contribution < -0.4 is 5.32 Å². The number of aliphatic hydroxyl groups is 1. The van der Waals surface area contributed by atoms with Gasteiger partial charge in [-0.25, -0.2) is 0 Å². The summed E-state index contributed by atoms with van der Waals surface area (Å²) in [7, 11) is 0. The van der Waals surface area contributed by atoms with Crippen LogP contribution in [0.2, 0.25) is 0 Å². The second-order valence-corrected chi connectivity index (χ2v) is 1.64. The smallest absolute Gasteiger partial charge is 0.205 e. The summed E-state index contributed by atoms with van der Waals surface area (Å²) >= 11 is 0. The van der Waals surface area contributed by atoms with Gasteiger partial charge in [-0.2, -0.15) is 0 Å². The molecule has 1 fully saturated rings. The van der Waals surface area contributed by atoms with Crippen LogP contribution in [0.1, 0.15) is 0 Å². The lowest BCUT2D eigenvalue weighted by atomic mass is 10.5.